The summed E-state index contributed by atoms with van der Waals surface area (Å²) in [5.74, 6) is -0.577. The van der Waals surface area contributed by atoms with Crippen LogP contribution < -0.4 is 10.1 Å². The Kier molecular flexibility index (Phi) is 4.55. The van der Waals surface area contributed by atoms with Crippen molar-refractivity contribution in [2.24, 2.45) is 0 Å². The first-order valence-corrected chi connectivity index (χ1v) is 6.50. The minimum absolute atomic E-state index is 0.0506. The van der Waals surface area contributed by atoms with Crippen LogP contribution in [-0.2, 0) is 4.79 Å². The second kappa shape index (κ2) is 6.37. The van der Waals surface area contributed by atoms with Crippen molar-refractivity contribution in [2.45, 2.75) is 20.0 Å². The molecule has 0 bridgehead atoms. The van der Waals surface area contributed by atoms with Crippen LogP contribution in [0.4, 0.5) is 10.1 Å². The van der Waals surface area contributed by atoms with Crippen molar-refractivity contribution < 1.29 is 19.0 Å². The van der Waals surface area contributed by atoms with Crippen LogP contribution in [0.15, 0.2) is 42.5 Å². The fourth-order valence-electron chi connectivity index (χ4n) is 1.92. The highest BCUT2D eigenvalue weighted by Crippen LogP contribution is 2.35. The molecule has 1 amide bonds. The summed E-state index contributed by atoms with van der Waals surface area (Å²) in [6.07, 6.45) is -0.872. The normalized spacial score (nSPS) is 11.8. The third-order valence-corrected chi connectivity index (χ3v) is 2.86. The molecule has 2 N–H and O–H groups in total. The zero-order chi connectivity index (χ0) is 15.4. The molecule has 5 heteroatoms. The maximum absolute atomic E-state index is 14.0. The number of benzene rings is 2. The van der Waals surface area contributed by atoms with E-state index >= 15 is 0 Å². The first-order valence-electron chi connectivity index (χ1n) is 6.50. The minimum Gasteiger partial charge on any atom is -0.452 e. The van der Waals surface area contributed by atoms with Crippen LogP contribution in [0.5, 0.6) is 11.5 Å². The number of carbonyl (C=O) groups excluding carboxylic acids is 1. The average Bonchev–Trinajstić information content (AvgIpc) is 2.42. The summed E-state index contributed by atoms with van der Waals surface area (Å²) in [4.78, 5) is 11.2. The quantitative estimate of drug-likeness (QED) is 0.903. The molecule has 0 aliphatic carbocycles. The van der Waals surface area contributed by atoms with Gasteiger partial charge in [0, 0.05) is 12.5 Å². The van der Waals surface area contributed by atoms with E-state index in [2.05, 4.69) is 5.32 Å². The Hall–Kier alpha value is -2.40. The number of ether oxygens (including phenoxy) is 1. The highest BCUT2D eigenvalue weighted by molar-refractivity contribution is 5.90. The van der Waals surface area contributed by atoms with Gasteiger partial charge in [-0.3, -0.25) is 4.79 Å². The molecule has 0 saturated heterocycles. The second-order valence-corrected chi connectivity index (χ2v) is 4.61. The van der Waals surface area contributed by atoms with Gasteiger partial charge in [0.15, 0.2) is 17.3 Å². The van der Waals surface area contributed by atoms with Gasteiger partial charge in [-0.25, -0.2) is 4.39 Å². The summed E-state index contributed by atoms with van der Waals surface area (Å²) in [7, 11) is 0. The first-order chi connectivity index (χ1) is 9.99. The number of halogens is 1. The summed E-state index contributed by atoms with van der Waals surface area (Å²) < 4.78 is 19.6. The lowest BCUT2D eigenvalue weighted by Crippen LogP contribution is -2.07. The number of aliphatic hydroxyl groups excluding tert-OH is 1. The number of hydrogen-bond acceptors (Lipinski definition) is 3. The van der Waals surface area contributed by atoms with Gasteiger partial charge in [0.2, 0.25) is 5.91 Å². The summed E-state index contributed by atoms with van der Waals surface area (Å²) >= 11 is 0. The van der Waals surface area contributed by atoms with Gasteiger partial charge in [-0.15, -0.1) is 0 Å². The van der Waals surface area contributed by atoms with Gasteiger partial charge in [-0.05, 0) is 25.1 Å². The van der Waals surface area contributed by atoms with Crippen molar-refractivity contribution in [3.05, 3.63) is 53.8 Å². The lowest BCUT2D eigenvalue weighted by molar-refractivity contribution is -0.114. The van der Waals surface area contributed by atoms with Crippen LogP contribution in [0.25, 0.3) is 0 Å². The van der Waals surface area contributed by atoms with Gasteiger partial charge in [-0.1, -0.05) is 24.3 Å². The smallest absolute Gasteiger partial charge is 0.221 e. The minimum atomic E-state index is -0.872. The maximum Gasteiger partial charge on any atom is 0.221 e. The molecule has 1 atom stereocenters. The molecule has 0 saturated carbocycles. The molecule has 0 unspecified atom stereocenters. The predicted molar refractivity (Wildman–Crippen MR) is 77.9 cm³/mol. The molecular formula is C16H16FNO3. The Bertz CT molecular complexity index is 656. The molecule has 0 radical (unpaired) electrons. The fraction of sp³-hybridized carbons (Fsp3) is 0.188. The number of para-hydroxylation sites is 3. The standard InChI is InChI=1S/C16H16FNO3/c1-10(19)12-6-5-7-13(17)16(12)21-15-9-4-3-8-14(15)18-11(2)20/h3-10,19H,1-2H3,(H,18,20)/t10-/m1/s1. The SMILES string of the molecule is CC(=O)Nc1ccccc1Oc1c(F)cccc1[C@@H](C)O. The molecule has 4 nitrogen and oxygen atoms in total. The van der Waals surface area contributed by atoms with E-state index in [0.29, 0.717) is 17.0 Å². The molecule has 0 aliphatic rings. The van der Waals surface area contributed by atoms with Crippen LogP contribution in [0.2, 0.25) is 0 Å². The van der Waals surface area contributed by atoms with E-state index in [9.17, 15) is 14.3 Å². The summed E-state index contributed by atoms with van der Waals surface area (Å²) in [6.45, 7) is 2.91. The van der Waals surface area contributed by atoms with E-state index < -0.39 is 11.9 Å². The molecule has 2 aromatic rings. The van der Waals surface area contributed by atoms with Crippen LogP contribution in [0.3, 0.4) is 0 Å². The number of nitrogens with one attached hydrogen (secondary N) is 1. The van der Waals surface area contributed by atoms with Crippen molar-refractivity contribution in [2.75, 3.05) is 5.32 Å². The van der Waals surface area contributed by atoms with Gasteiger partial charge in [0.05, 0.1) is 11.8 Å². The highest BCUT2D eigenvalue weighted by atomic mass is 19.1. The van der Waals surface area contributed by atoms with Gasteiger partial charge in [0.1, 0.15) is 0 Å². The van der Waals surface area contributed by atoms with Crippen LogP contribution in [-0.4, -0.2) is 11.0 Å². The topological polar surface area (TPSA) is 58.6 Å². The van der Waals surface area contributed by atoms with Gasteiger partial charge in [-0.2, -0.15) is 0 Å². The molecule has 2 aromatic carbocycles. The molecule has 0 fully saturated rings. The van der Waals surface area contributed by atoms with Crippen molar-refractivity contribution in [3.8, 4) is 11.5 Å². The second-order valence-electron chi connectivity index (χ2n) is 4.61. The molecular weight excluding hydrogens is 273 g/mol. The van der Waals surface area contributed by atoms with Gasteiger partial charge < -0.3 is 15.2 Å². The highest BCUT2D eigenvalue weighted by Gasteiger charge is 2.16. The molecule has 0 spiro atoms. The van der Waals surface area contributed by atoms with E-state index in [-0.39, 0.29) is 11.7 Å². The van der Waals surface area contributed by atoms with Crippen molar-refractivity contribution in [1.29, 1.82) is 0 Å². The number of anilines is 1. The molecule has 0 aromatic heterocycles. The lowest BCUT2D eigenvalue weighted by Gasteiger charge is -2.16. The molecule has 0 aliphatic heterocycles. The van der Waals surface area contributed by atoms with E-state index in [1.165, 1.54) is 26.0 Å². The van der Waals surface area contributed by atoms with Crippen molar-refractivity contribution >= 4 is 11.6 Å². The average molecular weight is 289 g/mol. The zero-order valence-corrected chi connectivity index (χ0v) is 11.8. The van der Waals surface area contributed by atoms with Crippen molar-refractivity contribution in [3.63, 3.8) is 0 Å². The molecule has 110 valence electrons. The van der Waals surface area contributed by atoms with Crippen LogP contribution in [0.1, 0.15) is 25.5 Å². The summed E-state index contributed by atoms with van der Waals surface area (Å²) in [5, 5.41) is 12.3. The van der Waals surface area contributed by atoms with Crippen molar-refractivity contribution in [1.82, 2.24) is 0 Å². The van der Waals surface area contributed by atoms with E-state index in [1.807, 2.05) is 0 Å². The Labute approximate surface area is 122 Å². The van der Waals surface area contributed by atoms with Gasteiger partial charge in [0.25, 0.3) is 0 Å². The monoisotopic (exact) mass is 289 g/mol. The Balaban J connectivity index is 2.41. The molecule has 0 heterocycles. The van der Waals surface area contributed by atoms with Crippen LogP contribution in [0, 0.1) is 5.82 Å². The third-order valence-electron chi connectivity index (χ3n) is 2.86. The van der Waals surface area contributed by atoms with Gasteiger partial charge >= 0.3 is 0 Å². The zero-order valence-electron chi connectivity index (χ0n) is 11.8. The molecule has 2 rings (SSSR count). The van der Waals surface area contributed by atoms with E-state index in [1.54, 1.807) is 30.3 Å². The maximum atomic E-state index is 14.0. The Morgan fingerprint density at radius 2 is 1.95 bits per heavy atom. The number of aliphatic hydroxyl groups is 1. The summed E-state index contributed by atoms with van der Waals surface area (Å²) in [6, 6.07) is 11.1. The largest absolute Gasteiger partial charge is 0.452 e. The fourth-order valence-corrected chi connectivity index (χ4v) is 1.92. The third kappa shape index (κ3) is 3.58. The number of rotatable bonds is 4. The number of hydrogen-bond donors (Lipinski definition) is 2. The van der Waals surface area contributed by atoms with Crippen LogP contribution >= 0.6 is 0 Å². The predicted octanol–water partition coefficient (Wildman–Crippen LogP) is 3.63. The Morgan fingerprint density at radius 1 is 1.24 bits per heavy atom. The molecule has 21 heavy (non-hydrogen) atoms. The first kappa shape index (κ1) is 15.0. The van der Waals surface area contributed by atoms with E-state index in [0.717, 1.165) is 0 Å². The number of carbonyl (C=O) groups is 1. The summed E-state index contributed by atoms with van der Waals surface area (Å²) in [5.41, 5.74) is 0.775. The number of amides is 1. The van der Waals surface area contributed by atoms with E-state index in [4.69, 9.17) is 4.74 Å². The Morgan fingerprint density at radius 3 is 2.62 bits per heavy atom. The lowest BCUT2D eigenvalue weighted by atomic mass is 10.1.